The number of aliphatic hydroxyl groups excluding tert-OH is 1. The van der Waals surface area contributed by atoms with E-state index in [1.54, 1.807) is 30.5 Å². The Hall–Kier alpha value is -3.63. The number of benzene rings is 2. The number of fused-ring (bicyclic) bond motifs is 1. The third kappa shape index (κ3) is 5.55. The summed E-state index contributed by atoms with van der Waals surface area (Å²) >= 11 is 5.66. The number of carbonyl (C=O) groups excluding carboxylic acids is 1. The van der Waals surface area contributed by atoms with Crippen molar-refractivity contribution in [1.82, 2.24) is 10.3 Å². The number of hydrogen-bond donors (Lipinski definition) is 3. The first kappa shape index (κ1) is 25.0. The molecule has 2 atom stereocenters. The van der Waals surface area contributed by atoms with Crippen LogP contribution in [-0.2, 0) is 23.8 Å². The van der Waals surface area contributed by atoms with Gasteiger partial charge in [0.1, 0.15) is 23.0 Å². The van der Waals surface area contributed by atoms with Gasteiger partial charge in [0.25, 0.3) is 0 Å². The van der Waals surface area contributed by atoms with Crippen LogP contribution in [0, 0.1) is 5.92 Å². The lowest BCUT2D eigenvalue weighted by Gasteiger charge is -2.29. The van der Waals surface area contributed by atoms with Gasteiger partial charge in [0.2, 0.25) is 5.91 Å². The zero-order valence-electron chi connectivity index (χ0n) is 19.3. The fraction of sp³-hybridized carbons (Fsp3) is 0.269. The molecular weight excluding hydrogens is 509 g/mol. The Kier molecular flexibility index (Phi) is 6.78. The van der Waals surface area contributed by atoms with E-state index in [1.807, 2.05) is 6.07 Å². The van der Waals surface area contributed by atoms with Gasteiger partial charge in [-0.05, 0) is 60.4 Å². The summed E-state index contributed by atoms with van der Waals surface area (Å²) < 4.78 is 45.6. The van der Waals surface area contributed by atoms with Crippen molar-refractivity contribution < 1.29 is 27.8 Å². The van der Waals surface area contributed by atoms with Crippen molar-refractivity contribution in [1.29, 1.82) is 0 Å². The van der Waals surface area contributed by atoms with Crippen LogP contribution in [0.1, 0.15) is 22.4 Å². The molecule has 0 bridgehead atoms. The van der Waals surface area contributed by atoms with E-state index in [4.69, 9.17) is 16.3 Å². The molecule has 3 aromatic rings. The van der Waals surface area contributed by atoms with E-state index in [9.17, 15) is 23.1 Å². The standard InChI is InChI=1S/C26H22ClF3N4O3/c27-21-4-2-16(12-20(21)26(28,29)30)34-25(36)19-10-15-9-17(3-1-14(15)11-23(19)35)37-18-5-6-31-22(13-18)24-32-7-8-33-24/h1-6,9,12-13,19,23,35H,7-8,10-11H2,(H,32,33)(H,34,36). The van der Waals surface area contributed by atoms with Crippen LogP contribution in [0.15, 0.2) is 59.7 Å². The Balaban J connectivity index is 1.31. The minimum absolute atomic E-state index is 0.0494. The number of hydrogen-bond acceptors (Lipinski definition) is 6. The Morgan fingerprint density at radius 2 is 1.89 bits per heavy atom. The number of pyridine rings is 1. The highest BCUT2D eigenvalue weighted by atomic mass is 35.5. The maximum Gasteiger partial charge on any atom is 0.417 e. The summed E-state index contributed by atoms with van der Waals surface area (Å²) in [6, 6.07) is 12.1. The Bertz CT molecular complexity index is 1380. The summed E-state index contributed by atoms with van der Waals surface area (Å²) in [5.41, 5.74) is 1.26. The monoisotopic (exact) mass is 530 g/mol. The number of amides is 1. The molecule has 7 nitrogen and oxygen atoms in total. The van der Waals surface area contributed by atoms with Crippen molar-refractivity contribution >= 4 is 29.0 Å². The molecule has 2 unspecified atom stereocenters. The van der Waals surface area contributed by atoms with Crippen LogP contribution < -0.4 is 15.4 Å². The largest absolute Gasteiger partial charge is 0.457 e. The van der Waals surface area contributed by atoms with Gasteiger partial charge in [0, 0.05) is 24.5 Å². The summed E-state index contributed by atoms with van der Waals surface area (Å²) in [7, 11) is 0. The lowest BCUT2D eigenvalue weighted by atomic mass is 9.81. The molecule has 0 spiro atoms. The number of nitrogens with one attached hydrogen (secondary N) is 2. The van der Waals surface area contributed by atoms with Gasteiger partial charge in [-0.25, -0.2) is 0 Å². The molecule has 37 heavy (non-hydrogen) atoms. The maximum atomic E-state index is 13.2. The van der Waals surface area contributed by atoms with Gasteiger partial charge in [-0.2, -0.15) is 13.2 Å². The predicted molar refractivity (Wildman–Crippen MR) is 132 cm³/mol. The molecule has 1 aliphatic heterocycles. The number of amidine groups is 1. The number of carbonyl (C=O) groups is 1. The summed E-state index contributed by atoms with van der Waals surface area (Å²) in [4.78, 5) is 21.6. The molecule has 11 heteroatoms. The maximum absolute atomic E-state index is 13.2. The Morgan fingerprint density at radius 3 is 2.65 bits per heavy atom. The molecule has 1 aliphatic carbocycles. The normalized spacial score (nSPS) is 19.0. The average Bonchev–Trinajstić information content (AvgIpc) is 3.40. The topological polar surface area (TPSA) is 95.8 Å². The van der Waals surface area contributed by atoms with Crippen molar-refractivity contribution in [2.45, 2.75) is 25.1 Å². The van der Waals surface area contributed by atoms with Gasteiger partial charge in [-0.3, -0.25) is 14.8 Å². The van der Waals surface area contributed by atoms with Crippen molar-refractivity contribution in [3.05, 3.63) is 82.1 Å². The predicted octanol–water partition coefficient (Wildman–Crippen LogP) is 4.61. The minimum Gasteiger partial charge on any atom is -0.457 e. The number of alkyl halides is 3. The van der Waals surface area contributed by atoms with Crippen LogP contribution in [0.2, 0.25) is 5.02 Å². The summed E-state index contributed by atoms with van der Waals surface area (Å²) in [6.45, 7) is 1.45. The average molecular weight is 531 g/mol. The first-order chi connectivity index (χ1) is 17.7. The molecular formula is C26H22ClF3N4O3. The molecule has 192 valence electrons. The van der Waals surface area contributed by atoms with Crippen molar-refractivity contribution in [3.8, 4) is 11.5 Å². The summed E-state index contributed by atoms with van der Waals surface area (Å²) in [5.74, 6) is 0.382. The number of aromatic nitrogens is 1. The minimum atomic E-state index is -4.66. The number of rotatable bonds is 5. The van der Waals surface area contributed by atoms with Crippen LogP contribution >= 0.6 is 11.6 Å². The van der Waals surface area contributed by atoms with E-state index in [-0.39, 0.29) is 18.5 Å². The molecule has 0 fully saturated rings. The zero-order chi connectivity index (χ0) is 26.2. The Labute approximate surface area is 215 Å². The molecule has 1 aromatic heterocycles. The smallest absolute Gasteiger partial charge is 0.417 e. The fourth-order valence-electron chi connectivity index (χ4n) is 4.43. The fourth-order valence-corrected chi connectivity index (χ4v) is 4.65. The van der Waals surface area contributed by atoms with E-state index in [1.165, 1.54) is 6.07 Å². The second-order valence-electron chi connectivity index (χ2n) is 8.83. The SMILES string of the molecule is O=C(Nc1ccc(Cl)c(C(F)(F)F)c1)C1Cc2cc(Oc3ccnc(C4=NCCN4)c3)ccc2CC1O. The number of ether oxygens (including phenoxy) is 1. The molecule has 5 rings (SSSR count). The van der Waals surface area contributed by atoms with Gasteiger partial charge in [-0.15, -0.1) is 0 Å². The number of aliphatic imine (C=N–C) groups is 1. The number of anilines is 1. The highest BCUT2D eigenvalue weighted by Gasteiger charge is 2.35. The first-order valence-electron chi connectivity index (χ1n) is 11.6. The lowest BCUT2D eigenvalue weighted by Crippen LogP contribution is -2.39. The van der Waals surface area contributed by atoms with Gasteiger partial charge in [-0.1, -0.05) is 17.7 Å². The number of aliphatic hydroxyl groups is 1. The molecule has 1 amide bonds. The third-order valence-electron chi connectivity index (χ3n) is 6.27. The van der Waals surface area contributed by atoms with Crippen molar-refractivity contribution in [3.63, 3.8) is 0 Å². The molecule has 0 saturated heterocycles. The van der Waals surface area contributed by atoms with Crippen molar-refractivity contribution in [2.75, 3.05) is 18.4 Å². The number of nitrogens with zero attached hydrogens (tertiary/aromatic N) is 2. The third-order valence-corrected chi connectivity index (χ3v) is 6.60. The van der Waals surface area contributed by atoms with E-state index >= 15 is 0 Å². The van der Waals surface area contributed by atoms with E-state index in [0.29, 0.717) is 29.6 Å². The lowest BCUT2D eigenvalue weighted by molar-refractivity contribution is -0.137. The second kappa shape index (κ2) is 10.0. The molecule has 2 aromatic carbocycles. The van der Waals surface area contributed by atoms with E-state index < -0.39 is 34.7 Å². The second-order valence-corrected chi connectivity index (χ2v) is 9.24. The van der Waals surface area contributed by atoms with Crippen LogP contribution in [0.5, 0.6) is 11.5 Å². The summed E-state index contributed by atoms with van der Waals surface area (Å²) in [6.07, 6.45) is -3.59. The molecule has 2 heterocycles. The van der Waals surface area contributed by atoms with E-state index in [0.717, 1.165) is 29.8 Å². The van der Waals surface area contributed by atoms with Gasteiger partial charge >= 0.3 is 6.18 Å². The zero-order valence-corrected chi connectivity index (χ0v) is 20.1. The number of halogens is 4. The van der Waals surface area contributed by atoms with Crippen LogP contribution in [0.3, 0.4) is 0 Å². The van der Waals surface area contributed by atoms with Gasteiger partial charge in [0.15, 0.2) is 0 Å². The van der Waals surface area contributed by atoms with Gasteiger partial charge < -0.3 is 20.5 Å². The Morgan fingerprint density at radius 1 is 1.08 bits per heavy atom. The van der Waals surface area contributed by atoms with E-state index in [2.05, 4.69) is 20.6 Å². The molecule has 0 radical (unpaired) electrons. The van der Waals surface area contributed by atoms with Crippen LogP contribution in [-0.4, -0.2) is 41.0 Å². The van der Waals surface area contributed by atoms with Crippen molar-refractivity contribution in [2.24, 2.45) is 10.9 Å². The van der Waals surface area contributed by atoms with Crippen LogP contribution in [0.4, 0.5) is 18.9 Å². The molecule has 0 saturated carbocycles. The highest BCUT2D eigenvalue weighted by molar-refractivity contribution is 6.31. The molecule has 2 aliphatic rings. The highest BCUT2D eigenvalue weighted by Crippen LogP contribution is 2.37. The van der Waals surface area contributed by atoms with Gasteiger partial charge in [0.05, 0.1) is 29.2 Å². The molecule has 3 N–H and O–H groups in total. The quantitative estimate of drug-likeness (QED) is 0.448. The van der Waals surface area contributed by atoms with Crippen LogP contribution in [0.25, 0.3) is 0 Å². The first-order valence-corrected chi connectivity index (χ1v) is 12.0. The summed E-state index contributed by atoms with van der Waals surface area (Å²) in [5, 5.41) is 15.8.